The predicted molar refractivity (Wildman–Crippen MR) is 115 cm³/mol. The maximum Gasteiger partial charge on any atom is 0.335 e. The molecule has 0 bridgehead atoms. The number of benzene rings is 2. The molecule has 5 N–H and O–H groups in total. The lowest BCUT2D eigenvalue weighted by atomic mass is 9.88. The predicted octanol–water partition coefficient (Wildman–Crippen LogP) is 1.24. The first-order chi connectivity index (χ1) is 15.8. The lowest BCUT2D eigenvalue weighted by Gasteiger charge is -2.38. The quantitative estimate of drug-likeness (QED) is 0.371. The van der Waals surface area contributed by atoms with Crippen LogP contribution in [0, 0.1) is 0 Å². The molecule has 33 heavy (non-hydrogen) atoms. The van der Waals surface area contributed by atoms with Crippen molar-refractivity contribution < 1.29 is 39.8 Å². The van der Waals surface area contributed by atoms with Crippen molar-refractivity contribution in [3.63, 3.8) is 0 Å². The van der Waals surface area contributed by atoms with E-state index >= 15 is 0 Å². The summed E-state index contributed by atoms with van der Waals surface area (Å²) in [6, 6.07) is 19.2. The van der Waals surface area contributed by atoms with E-state index in [0.717, 1.165) is 16.8 Å². The summed E-state index contributed by atoms with van der Waals surface area (Å²) in [5.41, 5.74) is 2.58. The van der Waals surface area contributed by atoms with E-state index in [2.05, 4.69) is 4.98 Å². The van der Waals surface area contributed by atoms with Gasteiger partial charge in [-0.15, -0.1) is 0 Å². The number of hydrogen-bond acceptors (Lipinski definition) is 8. The number of aromatic hydroxyl groups is 1. The number of pyridine rings is 1. The SMILES string of the molecule is O=C(O)[C@H]1O[C@@H](Oc2ccc([C@H](c3ccc(O)cc3)c3ccccn3)cc2)[C@H](O)[C@@H](O)[C@@H]1O. The normalized spacial score (nSPS) is 25.8. The molecule has 0 saturated carbocycles. The number of aliphatic carboxylic acids is 1. The summed E-state index contributed by atoms with van der Waals surface area (Å²) in [4.78, 5) is 15.7. The standard InChI is InChI=1S/C24H23NO8/c26-15-8-4-13(5-9-15)18(17-3-1-2-12-25-17)14-6-10-16(11-7-14)32-24-21(29)19(27)20(28)22(33-24)23(30)31/h1-12,18-22,24,26-29H,(H,30,31)/t18-,19-,20-,21+,22-,24+/m0/s1. The van der Waals surface area contributed by atoms with Gasteiger partial charge in [0.05, 0.1) is 11.6 Å². The van der Waals surface area contributed by atoms with Crippen LogP contribution in [-0.2, 0) is 9.53 Å². The van der Waals surface area contributed by atoms with Crippen LogP contribution >= 0.6 is 0 Å². The van der Waals surface area contributed by atoms with Gasteiger partial charge in [0.2, 0.25) is 6.29 Å². The van der Waals surface area contributed by atoms with Crippen LogP contribution in [0.5, 0.6) is 11.5 Å². The lowest BCUT2D eigenvalue weighted by Crippen LogP contribution is -2.61. The highest BCUT2D eigenvalue weighted by Crippen LogP contribution is 2.33. The Kier molecular flexibility index (Phi) is 6.57. The number of ether oxygens (including phenoxy) is 2. The van der Waals surface area contributed by atoms with Crippen molar-refractivity contribution in [2.75, 3.05) is 0 Å². The Morgan fingerprint density at radius 1 is 0.879 bits per heavy atom. The molecule has 0 unspecified atom stereocenters. The van der Waals surface area contributed by atoms with E-state index in [1.165, 1.54) is 0 Å². The molecule has 3 aromatic rings. The van der Waals surface area contributed by atoms with Crippen molar-refractivity contribution in [2.45, 2.75) is 36.6 Å². The molecule has 1 fully saturated rings. The zero-order valence-corrected chi connectivity index (χ0v) is 17.3. The van der Waals surface area contributed by atoms with Gasteiger partial charge in [-0.2, -0.15) is 0 Å². The Morgan fingerprint density at radius 2 is 1.52 bits per heavy atom. The topological polar surface area (TPSA) is 150 Å². The molecular weight excluding hydrogens is 430 g/mol. The van der Waals surface area contributed by atoms with E-state index in [0.29, 0.717) is 0 Å². The second-order valence-electron chi connectivity index (χ2n) is 7.70. The van der Waals surface area contributed by atoms with Gasteiger partial charge in [0.15, 0.2) is 6.10 Å². The molecule has 172 valence electrons. The fraction of sp³-hybridized carbons (Fsp3) is 0.250. The molecule has 2 aromatic carbocycles. The average molecular weight is 453 g/mol. The second-order valence-corrected chi connectivity index (χ2v) is 7.70. The van der Waals surface area contributed by atoms with Crippen LogP contribution in [0.4, 0.5) is 0 Å². The van der Waals surface area contributed by atoms with E-state index in [4.69, 9.17) is 9.47 Å². The Balaban J connectivity index is 1.58. The van der Waals surface area contributed by atoms with E-state index in [9.17, 15) is 30.3 Å². The molecular formula is C24H23NO8. The van der Waals surface area contributed by atoms with Crippen molar-refractivity contribution in [1.29, 1.82) is 0 Å². The van der Waals surface area contributed by atoms with Crippen molar-refractivity contribution in [2.24, 2.45) is 0 Å². The number of phenolic OH excluding ortho intramolecular Hbond substituents is 1. The minimum Gasteiger partial charge on any atom is -0.508 e. The summed E-state index contributed by atoms with van der Waals surface area (Å²) < 4.78 is 10.7. The number of aliphatic hydroxyl groups excluding tert-OH is 3. The summed E-state index contributed by atoms with van der Waals surface area (Å²) in [5, 5.41) is 48.7. The molecule has 2 heterocycles. The first-order valence-electron chi connectivity index (χ1n) is 10.2. The first kappa shape index (κ1) is 22.7. The number of aliphatic hydroxyl groups is 3. The molecule has 1 aromatic heterocycles. The van der Waals surface area contributed by atoms with Gasteiger partial charge in [0, 0.05) is 6.20 Å². The molecule has 0 aliphatic carbocycles. The molecule has 4 rings (SSSR count). The number of rotatable bonds is 6. The van der Waals surface area contributed by atoms with Gasteiger partial charge >= 0.3 is 5.97 Å². The number of aromatic nitrogens is 1. The number of phenols is 1. The van der Waals surface area contributed by atoms with Gasteiger partial charge in [0.1, 0.15) is 29.8 Å². The third-order valence-corrected chi connectivity index (χ3v) is 5.49. The zero-order chi connectivity index (χ0) is 23.5. The van der Waals surface area contributed by atoms with E-state index < -0.39 is 36.7 Å². The van der Waals surface area contributed by atoms with Crippen LogP contribution in [0.3, 0.4) is 0 Å². The number of carboxylic acids is 1. The maximum atomic E-state index is 11.3. The third kappa shape index (κ3) is 4.81. The van der Waals surface area contributed by atoms with E-state index in [1.807, 2.05) is 30.3 Å². The minimum atomic E-state index is -1.79. The van der Waals surface area contributed by atoms with Crippen molar-refractivity contribution in [3.05, 3.63) is 89.7 Å². The van der Waals surface area contributed by atoms with Crippen molar-refractivity contribution in [1.82, 2.24) is 4.98 Å². The van der Waals surface area contributed by atoms with Gasteiger partial charge in [-0.25, -0.2) is 4.79 Å². The Bertz CT molecular complexity index is 1070. The minimum absolute atomic E-state index is 0.153. The first-order valence-corrected chi connectivity index (χ1v) is 10.2. The Hall–Kier alpha value is -3.50. The summed E-state index contributed by atoms with van der Waals surface area (Å²) in [7, 11) is 0. The summed E-state index contributed by atoms with van der Waals surface area (Å²) >= 11 is 0. The second kappa shape index (κ2) is 9.55. The smallest absolute Gasteiger partial charge is 0.335 e. The lowest BCUT2D eigenvalue weighted by molar-refractivity contribution is -0.271. The van der Waals surface area contributed by atoms with Crippen LogP contribution in [-0.4, -0.2) is 67.2 Å². The van der Waals surface area contributed by atoms with Crippen LogP contribution in [0.2, 0.25) is 0 Å². The molecule has 1 aliphatic rings. The van der Waals surface area contributed by atoms with Gasteiger partial charge in [0.25, 0.3) is 0 Å². The highest BCUT2D eigenvalue weighted by Gasteiger charge is 2.48. The summed E-state index contributed by atoms with van der Waals surface area (Å²) in [5.74, 6) is -1.29. The molecule has 0 amide bonds. The molecule has 0 spiro atoms. The molecule has 1 saturated heterocycles. The maximum absolute atomic E-state index is 11.3. The number of carboxylic acid groups (broad SMARTS) is 1. The number of hydrogen-bond donors (Lipinski definition) is 5. The van der Waals surface area contributed by atoms with E-state index in [1.54, 1.807) is 42.6 Å². The van der Waals surface area contributed by atoms with Gasteiger partial charge in [-0.1, -0.05) is 30.3 Å². The largest absolute Gasteiger partial charge is 0.508 e. The monoisotopic (exact) mass is 453 g/mol. The molecule has 0 radical (unpaired) electrons. The van der Waals surface area contributed by atoms with Crippen LogP contribution in [0.25, 0.3) is 0 Å². The fourth-order valence-electron chi connectivity index (χ4n) is 3.77. The highest BCUT2D eigenvalue weighted by atomic mass is 16.7. The summed E-state index contributed by atoms with van der Waals surface area (Å²) in [6.45, 7) is 0. The van der Waals surface area contributed by atoms with Crippen molar-refractivity contribution in [3.8, 4) is 11.5 Å². The number of nitrogens with zero attached hydrogens (tertiary/aromatic N) is 1. The highest BCUT2D eigenvalue weighted by molar-refractivity contribution is 5.73. The number of carbonyl (C=O) groups is 1. The van der Waals surface area contributed by atoms with E-state index in [-0.39, 0.29) is 17.4 Å². The van der Waals surface area contributed by atoms with Crippen molar-refractivity contribution >= 4 is 5.97 Å². The Morgan fingerprint density at radius 3 is 2.09 bits per heavy atom. The van der Waals surface area contributed by atoms with Crippen LogP contribution < -0.4 is 4.74 Å². The Labute approximate surface area is 189 Å². The zero-order valence-electron chi connectivity index (χ0n) is 17.3. The average Bonchev–Trinajstić information content (AvgIpc) is 2.82. The summed E-state index contributed by atoms with van der Waals surface area (Å²) in [6.07, 6.45) is -6.71. The third-order valence-electron chi connectivity index (χ3n) is 5.49. The molecule has 9 nitrogen and oxygen atoms in total. The van der Waals surface area contributed by atoms with Gasteiger partial charge in [-0.3, -0.25) is 4.98 Å². The molecule has 9 heteroatoms. The van der Waals surface area contributed by atoms with Gasteiger partial charge < -0.3 is 35.0 Å². The molecule has 1 aliphatic heterocycles. The molecule has 6 atom stereocenters. The van der Waals surface area contributed by atoms with Crippen LogP contribution in [0.1, 0.15) is 22.7 Å². The van der Waals surface area contributed by atoms with Crippen LogP contribution in [0.15, 0.2) is 72.9 Å². The fourth-order valence-corrected chi connectivity index (χ4v) is 3.77. The van der Waals surface area contributed by atoms with Gasteiger partial charge in [-0.05, 0) is 47.5 Å².